The second kappa shape index (κ2) is 6.39. The summed E-state index contributed by atoms with van der Waals surface area (Å²) >= 11 is 0. The number of hydrogen-bond acceptors (Lipinski definition) is 4. The van der Waals surface area contributed by atoms with E-state index in [-0.39, 0.29) is 24.4 Å². The fourth-order valence-electron chi connectivity index (χ4n) is 2.49. The Morgan fingerprint density at radius 2 is 2.32 bits per heavy atom. The molecule has 0 saturated carbocycles. The van der Waals surface area contributed by atoms with Crippen molar-refractivity contribution in [2.75, 3.05) is 13.1 Å². The molecule has 1 aromatic rings. The third-order valence-corrected chi connectivity index (χ3v) is 3.72. The van der Waals surface area contributed by atoms with Crippen molar-refractivity contribution in [3.63, 3.8) is 0 Å². The van der Waals surface area contributed by atoms with Gasteiger partial charge in [-0.25, -0.2) is 0 Å². The number of carbonyl (C=O) groups is 1. The molecule has 6 heteroatoms. The molecule has 2 heterocycles. The monoisotopic (exact) mass is 287 g/mol. The van der Waals surface area contributed by atoms with Crippen molar-refractivity contribution in [2.45, 2.75) is 39.7 Å². The molecule has 1 aliphatic rings. The highest BCUT2D eigenvalue weighted by molar-refractivity contribution is 5.96. The van der Waals surface area contributed by atoms with Crippen LogP contribution in [0.25, 0.3) is 0 Å². The molecule has 0 bridgehead atoms. The maximum atomic E-state index is 12.5. The third kappa shape index (κ3) is 3.09. The zero-order valence-electron chi connectivity index (χ0n) is 11.7. The van der Waals surface area contributed by atoms with E-state index in [0.29, 0.717) is 29.4 Å². The Kier molecular flexibility index (Phi) is 5.38. The molecule has 0 aromatic carbocycles. The summed E-state index contributed by atoms with van der Waals surface area (Å²) in [5, 5.41) is 3.89. The molecular formula is C13H22ClN3O2. The summed E-state index contributed by atoms with van der Waals surface area (Å²) in [7, 11) is 0. The lowest BCUT2D eigenvalue weighted by molar-refractivity contribution is 0.0783. The molecule has 1 amide bonds. The first-order valence-electron chi connectivity index (χ1n) is 6.54. The maximum absolute atomic E-state index is 12.5. The Morgan fingerprint density at radius 1 is 1.63 bits per heavy atom. The first-order valence-corrected chi connectivity index (χ1v) is 6.54. The molecule has 19 heavy (non-hydrogen) atoms. The molecule has 1 aromatic heterocycles. The van der Waals surface area contributed by atoms with Gasteiger partial charge in [-0.15, -0.1) is 12.4 Å². The minimum Gasteiger partial charge on any atom is -0.360 e. The van der Waals surface area contributed by atoms with Crippen molar-refractivity contribution < 1.29 is 9.32 Å². The van der Waals surface area contributed by atoms with E-state index in [4.69, 9.17) is 10.3 Å². The molecule has 5 nitrogen and oxygen atoms in total. The summed E-state index contributed by atoms with van der Waals surface area (Å²) in [6, 6.07) is 0.136. The van der Waals surface area contributed by atoms with E-state index < -0.39 is 0 Å². The molecule has 0 radical (unpaired) electrons. The second-order valence-corrected chi connectivity index (χ2v) is 5.08. The van der Waals surface area contributed by atoms with Gasteiger partial charge >= 0.3 is 0 Å². The number of rotatable bonds is 3. The van der Waals surface area contributed by atoms with Crippen LogP contribution in [0.3, 0.4) is 0 Å². The smallest absolute Gasteiger partial charge is 0.259 e. The minimum absolute atomic E-state index is 0. The van der Waals surface area contributed by atoms with Gasteiger partial charge in [-0.3, -0.25) is 4.79 Å². The van der Waals surface area contributed by atoms with Crippen LogP contribution in [-0.4, -0.2) is 35.1 Å². The van der Waals surface area contributed by atoms with Gasteiger partial charge in [0, 0.05) is 25.6 Å². The zero-order chi connectivity index (χ0) is 13.3. The van der Waals surface area contributed by atoms with Gasteiger partial charge in [-0.1, -0.05) is 12.1 Å². The number of aryl methyl sites for hydroxylation is 2. The summed E-state index contributed by atoms with van der Waals surface area (Å²) in [6.07, 6.45) is 1.67. The van der Waals surface area contributed by atoms with Crippen molar-refractivity contribution in [3.8, 4) is 0 Å². The molecule has 1 aliphatic heterocycles. The van der Waals surface area contributed by atoms with Gasteiger partial charge in [0.05, 0.1) is 5.69 Å². The average Bonchev–Trinajstić information content (AvgIpc) is 2.94. The van der Waals surface area contributed by atoms with Gasteiger partial charge in [0.25, 0.3) is 5.91 Å². The first-order chi connectivity index (χ1) is 8.54. The number of likely N-dealkylation sites (tertiary alicyclic amines) is 1. The quantitative estimate of drug-likeness (QED) is 0.920. The number of halogens is 1. The molecule has 2 N–H and O–H groups in total. The van der Waals surface area contributed by atoms with Crippen LogP contribution < -0.4 is 5.73 Å². The van der Waals surface area contributed by atoms with Crippen molar-refractivity contribution >= 4 is 18.3 Å². The standard InChI is InChI=1S/C13H21N3O2.ClH/c1-4-11-12(9(3)15-18-11)13(17)16-6-5-10(7-16)8(2)14;/h8,10H,4-7,14H2,1-3H3;1H. The Hall–Kier alpha value is -1.07. The van der Waals surface area contributed by atoms with Crippen molar-refractivity contribution in [3.05, 3.63) is 17.0 Å². The van der Waals surface area contributed by atoms with Crippen LogP contribution >= 0.6 is 12.4 Å². The molecule has 2 unspecified atom stereocenters. The van der Waals surface area contributed by atoms with Gasteiger partial charge in [-0.2, -0.15) is 0 Å². The van der Waals surface area contributed by atoms with Gasteiger partial charge in [0.2, 0.25) is 0 Å². The fraction of sp³-hybridized carbons (Fsp3) is 0.692. The van der Waals surface area contributed by atoms with Gasteiger partial charge in [-0.05, 0) is 26.2 Å². The fourth-order valence-corrected chi connectivity index (χ4v) is 2.49. The van der Waals surface area contributed by atoms with E-state index in [9.17, 15) is 4.79 Å². The maximum Gasteiger partial charge on any atom is 0.259 e. The minimum atomic E-state index is 0. The van der Waals surface area contributed by atoms with Crippen LogP contribution in [0.2, 0.25) is 0 Å². The third-order valence-electron chi connectivity index (χ3n) is 3.72. The predicted octanol–water partition coefficient (Wildman–Crippen LogP) is 1.78. The van der Waals surface area contributed by atoms with E-state index in [0.717, 1.165) is 19.5 Å². The number of carbonyl (C=O) groups excluding carboxylic acids is 1. The zero-order valence-corrected chi connectivity index (χ0v) is 12.5. The first kappa shape index (κ1) is 16.0. The van der Waals surface area contributed by atoms with E-state index in [1.807, 2.05) is 25.7 Å². The summed E-state index contributed by atoms with van der Waals surface area (Å²) in [5.41, 5.74) is 7.22. The van der Waals surface area contributed by atoms with E-state index in [1.54, 1.807) is 0 Å². The molecule has 2 rings (SSSR count). The molecule has 108 valence electrons. The number of amides is 1. The number of hydrogen-bond donors (Lipinski definition) is 1. The Labute approximate surface area is 119 Å². The lowest BCUT2D eigenvalue weighted by Crippen LogP contribution is -2.33. The highest BCUT2D eigenvalue weighted by Crippen LogP contribution is 2.23. The van der Waals surface area contributed by atoms with Crippen molar-refractivity contribution in [1.29, 1.82) is 0 Å². The van der Waals surface area contributed by atoms with Gasteiger partial charge < -0.3 is 15.2 Å². The van der Waals surface area contributed by atoms with Crippen LogP contribution in [0.4, 0.5) is 0 Å². The van der Waals surface area contributed by atoms with E-state index >= 15 is 0 Å². The molecule has 1 fully saturated rings. The normalized spacial score (nSPS) is 20.2. The Balaban J connectivity index is 0.00000180. The molecule has 0 spiro atoms. The van der Waals surface area contributed by atoms with Crippen molar-refractivity contribution in [2.24, 2.45) is 11.7 Å². The number of aromatic nitrogens is 1. The van der Waals surface area contributed by atoms with Crippen LogP contribution in [0.5, 0.6) is 0 Å². The Morgan fingerprint density at radius 3 is 2.84 bits per heavy atom. The van der Waals surface area contributed by atoms with Crippen molar-refractivity contribution in [1.82, 2.24) is 10.1 Å². The molecule has 0 aliphatic carbocycles. The van der Waals surface area contributed by atoms with Gasteiger partial charge in [0.15, 0.2) is 0 Å². The summed E-state index contributed by atoms with van der Waals surface area (Å²) in [4.78, 5) is 14.3. The summed E-state index contributed by atoms with van der Waals surface area (Å²) in [6.45, 7) is 7.30. The highest BCUT2D eigenvalue weighted by atomic mass is 35.5. The highest BCUT2D eigenvalue weighted by Gasteiger charge is 2.31. The van der Waals surface area contributed by atoms with E-state index in [2.05, 4.69) is 5.16 Å². The van der Waals surface area contributed by atoms with Crippen LogP contribution in [-0.2, 0) is 6.42 Å². The number of nitrogens with zero attached hydrogens (tertiary/aromatic N) is 2. The molecule has 2 atom stereocenters. The second-order valence-electron chi connectivity index (χ2n) is 5.08. The summed E-state index contributed by atoms with van der Waals surface area (Å²) < 4.78 is 5.18. The SMILES string of the molecule is CCc1onc(C)c1C(=O)N1CCC(C(C)N)C1.Cl. The Bertz CT molecular complexity index is 445. The average molecular weight is 288 g/mol. The van der Waals surface area contributed by atoms with Crippen LogP contribution in [0.1, 0.15) is 42.1 Å². The van der Waals surface area contributed by atoms with Crippen LogP contribution in [0.15, 0.2) is 4.52 Å². The predicted molar refractivity (Wildman–Crippen MR) is 75.5 cm³/mol. The molecular weight excluding hydrogens is 266 g/mol. The van der Waals surface area contributed by atoms with Crippen LogP contribution in [0, 0.1) is 12.8 Å². The largest absolute Gasteiger partial charge is 0.360 e. The molecule has 1 saturated heterocycles. The number of nitrogens with two attached hydrogens (primary N) is 1. The van der Waals surface area contributed by atoms with Gasteiger partial charge in [0.1, 0.15) is 11.3 Å². The van der Waals surface area contributed by atoms with E-state index in [1.165, 1.54) is 0 Å². The topological polar surface area (TPSA) is 72.4 Å². The lowest BCUT2D eigenvalue weighted by Gasteiger charge is -2.18. The lowest BCUT2D eigenvalue weighted by atomic mass is 10.0. The summed E-state index contributed by atoms with van der Waals surface area (Å²) in [5.74, 6) is 1.12.